The van der Waals surface area contributed by atoms with Crippen LogP contribution < -0.4 is 0 Å². The summed E-state index contributed by atoms with van der Waals surface area (Å²) in [6.45, 7) is 2.11. The molecule has 0 bridgehead atoms. The van der Waals surface area contributed by atoms with E-state index in [9.17, 15) is 5.11 Å². The van der Waals surface area contributed by atoms with Gasteiger partial charge in [0.05, 0.1) is 5.69 Å². The second-order valence-corrected chi connectivity index (χ2v) is 4.00. The Hall–Kier alpha value is -1.54. The maximum atomic E-state index is 10.4. The molecule has 1 N–H and O–H groups in total. The van der Waals surface area contributed by atoms with Crippen LogP contribution in [0.2, 0.25) is 0 Å². The van der Waals surface area contributed by atoms with Gasteiger partial charge in [-0.25, -0.2) is 0 Å². The van der Waals surface area contributed by atoms with Gasteiger partial charge >= 0.3 is 0 Å². The first-order valence-electron chi connectivity index (χ1n) is 5.61. The van der Waals surface area contributed by atoms with Crippen LogP contribution in [-0.4, -0.2) is 9.67 Å². The lowest BCUT2D eigenvalue weighted by molar-refractivity contribution is 0.210. The predicted molar refractivity (Wildman–Crippen MR) is 65.3 cm³/mol. The zero-order valence-corrected chi connectivity index (χ0v) is 9.72. The van der Waals surface area contributed by atoms with E-state index < -0.39 is 6.10 Å². The van der Waals surface area contributed by atoms with Crippen LogP contribution in [0, 0.1) is 0 Å². The molecule has 0 saturated carbocycles. The van der Waals surface area contributed by atoms with Gasteiger partial charge in [-0.15, -0.1) is 0 Å². The number of aliphatic hydroxyl groups excluding tert-OH is 1. The molecule has 0 aliphatic carbocycles. The first-order valence-corrected chi connectivity index (χ1v) is 5.61. The molecule has 1 unspecified atom stereocenters. The third kappa shape index (κ3) is 1.89. The number of aromatic nitrogens is 1. The van der Waals surface area contributed by atoms with E-state index in [-0.39, 0.29) is 0 Å². The Kier molecular flexibility index (Phi) is 3.11. The fourth-order valence-corrected chi connectivity index (χ4v) is 2.04. The summed E-state index contributed by atoms with van der Waals surface area (Å²) >= 11 is 0. The summed E-state index contributed by atoms with van der Waals surface area (Å²) in [5, 5.41) is 10.4. The van der Waals surface area contributed by atoms with Gasteiger partial charge in [0.15, 0.2) is 0 Å². The van der Waals surface area contributed by atoms with Crippen molar-refractivity contribution in [2.75, 3.05) is 0 Å². The van der Waals surface area contributed by atoms with Crippen LogP contribution in [0.1, 0.15) is 29.8 Å². The van der Waals surface area contributed by atoms with Crippen LogP contribution in [0.25, 0.3) is 0 Å². The standard InChI is InChI=1S/C14H17NO/c1-3-11-7-4-5-8-12(11)14(16)13-9-6-10-15(13)2/h4-10,14,16H,3H2,1-2H3. The number of benzene rings is 1. The molecule has 0 saturated heterocycles. The smallest absolute Gasteiger partial charge is 0.119 e. The van der Waals surface area contributed by atoms with Crippen LogP contribution in [0.5, 0.6) is 0 Å². The summed E-state index contributed by atoms with van der Waals surface area (Å²) in [5.41, 5.74) is 3.14. The van der Waals surface area contributed by atoms with Crippen molar-refractivity contribution in [2.45, 2.75) is 19.4 Å². The SMILES string of the molecule is CCc1ccccc1C(O)c1cccn1C. The molecule has 16 heavy (non-hydrogen) atoms. The lowest BCUT2D eigenvalue weighted by atomic mass is 9.98. The number of aliphatic hydroxyl groups is 1. The fraction of sp³-hybridized carbons (Fsp3) is 0.286. The number of rotatable bonds is 3. The maximum Gasteiger partial charge on any atom is 0.119 e. The zero-order chi connectivity index (χ0) is 11.5. The third-order valence-electron chi connectivity index (χ3n) is 2.99. The number of hydrogen-bond donors (Lipinski definition) is 1. The van der Waals surface area contributed by atoms with Crippen LogP contribution in [0.3, 0.4) is 0 Å². The lowest BCUT2D eigenvalue weighted by Crippen LogP contribution is -2.07. The quantitative estimate of drug-likeness (QED) is 0.836. The van der Waals surface area contributed by atoms with Crippen molar-refractivity contribution in [1.29, 1.82) is 0 Å². The fourth-order valence-electron chi connectivity index (χ4n) is 2.04. The third-order valence-corrected chi connectivity index (χ3v) is 2.99. The van der Waals surface area contributed by atoms with Gasteiger partial charge in [-0.05, 0) is 29.7 Å². The molecule has 0 aliphatic heterocycles. The van der Waals surface area contributed by atoms with Gasteiger partial charge in [0.1, 0.15) is 6.10 Å². The second-order valence-electron chi connectivity index (χ2n) is 4.00. The minimum absolute atomic E-state index is 0.531. The number of hydrogen-bond acceptors (Lipinski definition) is 1. The highest BCUT2D eigenvalue weighted by Crippen LogP contribution is 2.25. The zero-order valence-electron chi connectivity index (χ0n) is 9.72. The molecule has 2 heteroatoms. The molecule has 0 amide bonds. The van der Waals surface area contributed by atoms with Gasteiger partial charge in [-0.1, -0.05) is 31.2 Å². The highest BCUT2D eigenvalue weighted by Gasteiger charge is 2.15. The van der Waals surface area contributed by atoms with Gasteiger partial charge in [0.2, 0.25) is 0 Å². The molecule has 2 rings (SSSR count). The van der Waals surface area contributed by atoms with Crippen LogP contribution in [0.4, 0.5) is 0 Å². The van der Waals surface area contributed by atoms with Gasteiger partial charge in [0, 0.05) is 13.2 Å². The topological polar surface area (TPSA) is 25.2 Å². The van der Waals surface area contributed by atoms with Gasteiger partial charge in [-0.3, -0.25) is 0 Å². The molecule has 2 nitrogen and oxygen atoms in total. The molecule has 1 aromatic heterocycles. The molecule has 1 aromatic carbocycles. The minimum atomic E-state index is -0.531. The Morgan fingerprint density at radius 2 is 1.94 bits per heavy atom. The number of nitrogens with zero attached hydrogens (tertiary/aromatic N) is 1. The second kappa shape index (κ2) is 4.54. The average molecular weight is 215 g/mol. The van der Waals surface area contributed by atoms with E-state index in [4.69, 9.17) is 0 Å². The van der Waals surface area contributed by atoms with E-state index >= 15 is 0 Å². The molecule has 0 aliphatic rings. The van der Waals surface area contributed by atoms with Gasteiger partial charge < -0.3 is 9.67 Å². The van der Waals surface area contributed by atoms with Crippen LogP contribution in [0.15, 0.2) is 42.6 Å². The van der Waals surface area contributed by atoms with E-state index in [2.05, 4.69) is 13.0 Å². The van der Waals surface area contributed by atoms with E-state index in [0.717, 1.165) is 17.7 Å². The summed E-state index contributed by atoms with van der Waals surface area (Å²) < 4.78 is 1.96. The molecule has 2 aromatic rings. The Balaban J connectivity index is 2.41. The van der Waals surface area contributed by atoms with Crippen molar-refractivity contribution in [1.82, 2.24) is 4.57 Å². The summed E-state index contributed by atoms with van der Waals surface area (Å²) in [6.07, 6.45) is 2.36. The van der Waals surface area contributed by atoms with Crippen molar-refractivity contribution in [3.8, 4) is 0 Å². The van der Waals surface area contributed by atoms with E-state index in [1.807, 2.05) is 48.1 Å². The summed E-state index contributed by atoms with van der Waals surface area (Å²) in [5.74, 6) is 0. The van der Waals surface area contributed by atoms with Gasteiger partial charge in [-0.2, -0.15) is 0 Å². The van der Waals surface area contributed by atoms with E-state index in [0.29, 0.717) is 0 Å². The molecular formula is C14H17NO. The molecule has 0 fully saturated rings. The summed E-state index contributed by atoms with van der Waals surface area (Å²) in [4.78, 5) is 0. The first-order chi connectivity index (χ1) is 7.74. The van der Waals surface area contributed by atoms with E-state index in [1.165, 1.54) is 5.56 Å². The molecule has 0 spiro atoms. The minimum Gasteiger partial charge on any atom is -0.382 e. The van der Waals surface area contributed by atoms with Crippen LogP contribution in [-0.2, 0) is 13.5 Å². The van der Waals surface area contributed by atoms with Crippen molar-refractivity contribution < 1.29 is 5.11 Å². The molecule has 0 radical (unpaired) electrons. The molecule has 1 heterocycles. The van der Waals surface area contributed by atoms with Crippen molar-refractivity contribution in [3.05, 3.63) is 59.4 Å². The predicted octanol–water partition coefficient (Wildman–Crippen LogP) is 2.67. The Morgan fingerprint density at radius 1 is 1.19 bits per heavy atom. The van der Waals surface area contributed by atoms with Gasteiger partial charge in [0.25, 0.3) is 0 Å². The highest BCUT2D eigenvalue weighted by molar-refractivity contribution is 5.34. The van der Waals surface area contributed by atoms with Crippen molar-refractivity contribution in [3.63, 3.8) is 0 Å². The normalized spacial score (nSPS) is 12.7. The Bertz CT molecular complexity index is 473. The summed E-state index contributed by atoms with van der Waals surface area (Å²) in [6, 6.07) is 12.0. The molecule has 1 atom stereocenters. The lowest BCUT2D eigenvalue weighted by Gasteiger charge is -2.15. The number of aryl methyl sites for hydroxylation is 2. The average Bonchev–Trinajstić information content (AvgIpc) is 2.74. The summed E-state index contributed by atoms with van der Waals surface area (Å²) in [7, 11) is 1.95. The van der Waals surface area contributed by atoms with Crippen molar-refractivity contribution >= 4 is 0 Å². The first kappa shape index (κ1) is 11.0. The monoisotopic (exact) mass is 215 g/mol. The highest BCUT2D eigenvalue weighted by atomic mass is 16.3. The molecular weight excluding hydrogens is 198 g/mol. The molecule has 84 valence electrons. The Morgan fingerprint density at radius 3 is 2.56 bits per heavy atom. The van der Waals surface area contributed by atoms with E-state index in [1.54, 1.807) is 0 Å². The van der Waals surface area contributed by atoms with Crippen LogP contribution >= 0.6 is 0 Å². The Labute approximate surface area is 96.2 Å². The van der Waals surface area contributed by atoms with Crippen molar-refractivity contribution in [2.24, 2.45) is 7.05 Å². The maximum absolute atomic E-state index is 10.4. The largest absolute Gasteiger partial charge is 0.382 e.